The molecule has 0 amide bonds. The van der Waals surface area contributed by atoms with E-state index in [-0.39, 0.29) is 6.10 Å². The first kappa shape index (κ1) is 15.8. The highest BCUT2D eigenvalue weighted by Gasteiger charge is 2.21. The van der Waals surface area contributed by atoms with Gasteiger partial charge in [-0.25, -0.2) is 0 Å². The summed E-state index contributed by atoms with van der Waals surface area (Å²) in [7, 11) is 2.15. The predicted molar refractivity (Wildman–Crippen MR) is 96.3 cm³/mol. The zero-order valence-corrected chi connectivity index (χ0v) is 14.3. The molecular formula is C20H21N3O2. The maximum Gasteiger partial charge on any atom is 0.262 e. The maximum absolute atomic E-state index is 6.25. The Morgan fingerprint density at radius 1 is 1.00 bits per heavy atom. The number of aromatic nitrogens is 2. The highest BCUT2D eigenvalue weighted by Crippen LogP contribution is 2.31. The van der Waals surface area contributed by atoms with E-state index in [0.717, 1.165) is 42.8 Å². The molecule has 0 aliphatic carbocycles. The molecule has 4 rings (SSSR count). The number of piperidine rings is 1. The Morgan fingerprint density at radius 3 is 2.52 bits per heavy atom. The van der Waals surface area contributed by atoms with Crippen LogP contribution in [0.4, 0.5) is 0 Å². The molecule has 5 heteroatoms. The molecule has 1 fully saturated rings. The molecule has 1 aromatic heterocycles. The van der Waals surface area contributed by atoms with Crippen LogP contribution in [0.1, 0.15) is 12.8 Å². The Bertz CT molecular complexity index is 824. The van der Waals surface area contributed by atoms with Crippen molar-refractivity contribution in [1.82, 2.24) is 15.0 Å². The smallest absolute Gasteiger partial charge is 0.262 e. The molecule has 2 aromatic carbocycles. The summed E-state index contributed by atoms with van der Waals surface area (Å²) in [6.45, 7) is 2.12. The van der Waals surface area contributed by atoms with E-state index in [1.807, 2.05) is 54.6 Å². The van der Waals surface area contributed by atoms with Crippen molar-refractivity contribution < 1.29 is 9.26 Å². The van der Waals surface area contributed by atoms with Gasteiger partial charge in [0.05, 0.1) is 5.56 Å². The highest BCUT2D eigenvalue weighted by molar-refractivity contribution is 5.65. The average Bonchev–Trinajstić information content (AvgIpc) is 3.15. The summed E-state index contributed by atoms with van der Waals surface area (Å²) in [5, 5.41) is 4.11. The average molecular weight is 335 g/mol. The first-order valence-electron chi connectivity index (χ1n) is 8.63. The molecule has 2 heterocycles. The molecule has 5 nitrogen and oxygen atoms in total. The molecule has 3 aromatic rings. The number of para-hydroxylation sites is 1. The molecule has 0 radical (unpaired) electrons. The van der Waals surface area contributed by atoms with E-state index in [1.165, 1.54) is 0 Å². The summed E-state index contributed by atoms with van der Waals surface area (Å²) < 4.78 is 11.8. The molecule has 0 bridgehead atoms. The monoisotopic (exact) mass is 335 g/mol. The van der Waals surface area contributed by atoms with Crippen molar-refractivity contribution in [3.05, 3.63) is 54.6 Å². The molecular weight excluding hydrogens is 314 g/mol. The van der Waals surface area contributed by atoms with Crippen LogP contribution in [0.25, 0.3) is 22.8 Å². The van der Waals surface area contributed by atoms with E-state index in [0.29, 0.717) is 11.7 Å². The minimum absolute atomic E-state index is 0.230. The number of likely N-dealkylation sites (tertiary alicyclic amines) is 1. The van der Waals surface area contributed by atoms with E-state index in [4.69, 9.17) is 9.26 Å². The van der Waals surface area contributed by atoms with Crippen LogP contribution in [0.5, 0.6) is 5.75 Å². The van der Waals surface area contributed by atoms with Gasteiger partial charge in [-0.15, -0.1) is 0 Å². The van der Waals surface area contributed by atoms with Crippen LogP contribution in [-0.2, 0) is 0 Å². The van der Waals surface area contributed by atoms with E-state index in [9.17, 15) is 0 Å². The molecule has 128 valence electrons. The number of ether oxygens (including phenoxy) is 1. The fourth-order valence-corrected chi connectivity index (χ4v) is 3.07. The van der Waals surface area contributed by atoms with Gasteiger partial charge in [0.2, 0.25) is 5.82 Å². The highest BCUT2D eigenvalue weighted by atomic mass is 16.5. The van der Waals surface area contributed by atoms with Crippen molar-refractivity contribution in [2.45, 2.75) is 18.9 Å². The first-order valence-corrected chi connectivity index (χ1v) is 8.63. The molecule has 1 saturated heterocycles. The zero-order valence-electron chi connectivity index (χ0n) is 14.3. The number of nitrogens with zero attached hydrogens (tertiary/aromatic N) is 3. The van der Waals surface area contributed by atoms with Crippen LogP contribution >= 0.6 is 0 Å². The summed E-state index contributed by atoms with van der Waals surface area (Å²) in [5.41, 5.74) is 1.78. The van der Waals surface area contributed by atoms with Gasteiger partial charge in [0.1, 0.15) is 11.9 Å². The lowest BCUT2D eigenvalue weighted by Crippen LogP contribution is -2.35. The molecule has 0 atom stereocenters. The third-order valence-corrected chi connectivity index (χ3v) is 4.53. The van der Waals surface area contributed by atoms with Crippen molar-refractivity contribution in [2.24, 2.45) is 0 Å². The minimum Gasteiger partial charge on any atom is -0.489 e. The lowest BCUT2D eigenvalue weighted by atomic mass is 10.1. The van der Waals surface area contributed by atoms with Gasteiger partial charge in [0.15, 0.2) is 0 Å². The van der Waals surface area contributed by atoms with Gasteiger partial charge < -0.3 is 14.2 Å². The molecule has 0 spiro atoms. The molecule has 25 heavy (non-hydrogen) atoms. The third-order valence-electron chi connectivity index (χ3n) is 4.53. The standard InChI is InChI=1S/C20H21N3O2/c1-23-13-11-16(12-14-23)24-18-10-6-5-9-17(18)20-21-19(22-25-20)15-7-3-2-4-8-15/h2-10,16H,11-14H2,1H3. The van der Waals surface area contributed by atoms with Crippen LogP contribution in [0.2, 0.25) is 0 Å². The van der Waals surface area contributed by atoms with Gasteiger partial charge in [0.25, 0.3) is 5.89 Å². The van der Waals surface area contributed by atoms with E-state index >= 15 is 0 Å². The fourth-order valence-electron chi connectivity index (χ4n) is 3.07. The van der Waals surface area contributed by atoms with Gasteiger partial charge in [0, 0.05) is 18.7 Å². The van der Waals surface area contributed by atoms with Crippen LogP contribution < -0.4 is 4.74 Å². The molecule has 1 aliphatic rings. The third kappa shape index (κ3) is 3.56. The van der Waals surface area contributed by atoms with Crippen LogP contribution in [0, 0.1) is 0 Å². The van der Waals surface area contributed by atoms with Gasteiger partial charge in [-0.05, 0) is 32.0 Å². The SMILES string of the molecule is CN1CCC(Oc2ccccc2-c2nc(-c3ccccc3)no2)CC1. The second kappa shape index (κ2) is 7.07. The van der Waals surface area contributed by atoms with Crippen molar-refractivity contribution in [3.8, 4) is 28.6 Å². The second-order valence-electron chi connectivity index (χ2n) is 6.41. The van der Waals surface area contributed by atoms with E-state index < -0.39 is 0 Å². The topological polar surface area (TPSA) is 51.4 Å². The van der Waals surface area contributed by atoms with Crippen LogP contribution in [-0.4, -0.2) is 41.3 Å². The summed E-state index contributed by atoms with van der Waals surface area (Å²) in [5.74, 6) is 1.88. The zero-order chi connectivity index (χ0) is 17.1. The van der Waals surface area contributed by atoms with Gasteiger partial charge in [-0.2, -0.15) is 4.98 Å². The number of hydrogen-bond acceptors (Lipinski definition) is 5. The largest absolute Gasteiger partial charge is 0.489 e. The van der Waals surface area contributed by atoms with Crippen molar-refractivity contribution in [3.63, 3.8) is 0 Å². The Balaban J connectivity index is 1.58. The first-order chi connectivity index (χ1) is 12.3. The lowest BCUT2D eigenvalue weighted by Gasteiger charge is -2.29. The molecule has 1 aliphatic heterocycles. The van der Waals surface area contributed by atoms with Gasteiger partial charge in [-0.3, -0.25) is 0 Å². The number of rotatable bonds is 4. The van der Waals surface area contributed by atoms with Crippen molar-refractivity contribution in [2.75, 3.05) is 20.1 Å². The fraction of sp³-hybridized carbons (Fsp3) is 0.300. The van der Waals surface area contributed by atoms with Crippen molar-refractivity contribution >= 4 is 0 Å². The van der Waals surface area contributed by atoms with Crippen molar-refractivity contribution in [1.29, 1.82) is 0 Å². The minimum atomic E-state index is 0.230. The van der Waals surface area contributed by atoms with E-state index in [1.54, 1.807) is 0 Å². The number of hydrogen-bond donors (Lipinski definition) is 0. The van der Waals surface area contributed by atoms with Gasteiger partial charge >= 0.3 is 0 Å². The summed E-state index contributed by atoms with van der Waals surface area (Å²) >= 11 is 0. The molecule has 0 N–H and O–H groups in total. The normalized spacial score (nSPS) is 16.0. The van der Waals surface area contributed by atoms with Gasteiger partial charge in [-0.1, -0.05) is 47.6 Å². The quantitative estimate of drug-likeness (QED) is 0.724. The number of benzene rings is 2. The predicted octanol–water partition coefficient (Wildman–Crippen LogP) is 3.88. The summed E-state index contributed by atoms with van der Waals surface area (Å²) in [4.78, 5) is 6.88. The maximum atomic E-state index is 6.25. The Hall–Kier alpha value is -2.66. The molecule has 0 unspecified atom stereocenters. The second-order valence-corrected chi connectivity index (χ2v) is 6.41. The molecule has 0 saturated carbocycles. The van der Waals surface area contributed by atoms with Crippen LogP contribution in [0.3, 0.4) is 0 Å². The van der Waals surface area contributed by atoms with Crippen LogP contribution in [0.15, 0.2) is 59.1 Å². The summed E-state index contributed by atoms with van der Waals surface area (Å²) in [6, 6.07) is 17.7. The lowest BCUT2D eigenvalue weighted by molar-refractivity contribution is 0.114. The van der Waals surface area contributed by atoms with E-state index in [2.05, 4.69) is 22.1 Å². The Labute approximate surface area is 147 Å². The Morgan fingerprint density at radius 2 is 1.72 bits per heavy atom. The Kier molecular flexibility index (Phi) is 4.48. The summed E-state index contributed by atoms with van der Waals surface area (Å²) in [6.07, 6.45) is 2.29.